The van der Waals surface area contributed by atoms with E-state index in [0.29, 0.717) is 12.5 Å². The van der Waals surface area contributed by atoms with Crippen molar-refractivity contribution in [3.63, 3.8) is 0 Å². The van der Waals surface area contributed by atoms with Crippen LogP contribution in [0.25, 0.3) is 0 Å². The fourth-order valence-corrected chi connectivity index (χ4v) is 2.03. The molecule has 0 aromatic heterocycles. The molecule has 6 nitrogen and oxygen atoms in total. The summed E-state index contributed by atoms with van der Waals surface area (Å²) < 4.78 is 30.5. The number of carbonyl (C=O) groups is 1. The van der Waals surface area contributed by atoms with Gasteiger partial charge in [-0.15, -0.1) is 0 Å². The van der Waals surface area contributed by atoms with Gasteiger partial charge in [0, 0.05) is 11.9 Å². The van der Waals surface area contributed by atoms with Gasteiger partial charge < -0.3 is 4.74 Å². The lowest BCUT2D eigenvalue weighted by Crippen LogP contribution is -2.40. The molecule has 0 bridgehead atoms. The van der Waals surface area contributed by atoms with E-state index < -0.39 is 16.3 Å². The van der Waals surface area contributed by atoms with Crippen molar-refractivity contribution < 1.29 is 17.9 Å². The topological polar surface area (TPSA) is 84.5 Å². The van der Waals surface area contributed by atoms with Gasteiger partial charge in [-0.2, -0.15) is 13.1 Å². The first-order valence-electron chi connectivity index (χ1n) is 4.82. The van der Waals surface area contributed by atoms with Crippen molar-refractivity contribution >= 4 is 32.2 Å². The summed E-state index contributed by atoms with van der Waals surface area (Å²) in [6.45, 7) is 2.36. The zero-order valence-electron chi connectivity index (χ0n) is 9.32. The maximum Gasteiger partial charge on any atom is 0.421 e. The second-order valence-electron chi connectivity index (χ2n) is 3.39. The van der Waals surface area contributed by atoms with E-state index >= 15 is 0 Å². The standard InChI is InChI=1S/C8H17BrN2O4S/c1-7(6-9)4-3-5-10-16(13,14)11-8(12)15-2/h7,10H,3-6H2,1-2H3,(H,11,12). The Bertz CT molecular complexity index is 307. The van der Waals surface area contributed by atoms with Crippen LogP contribution in [0, 0.1) is 5.92 Å². The fraction of sp³-hybridized carbons (Fsp3) is 0.875. The van der Waals surface area contributed by atoms with Crippen molar-refractivity contribution in [3.8, 4) is 0 Å². The zero-order valence-corrected chi connectivity index (χ0v) is 11.7. The molecule has 0 rings (SSSR count). The van der Waals surface area contributed by atoms with Gasteiger partial charge in [0.2, 0.25) is 0 Å². The molecule has 0 fully saturated rings. The summed E-state index contributed by atoms with van der Waals surface area (Å²) in [5.41, 5.74) is 0. The lowest BCUT2D eigenvalue weighted by Gasteiger charge is -2.09. The third-order valence-electron chi connectivity index (χ3n) is 1.83. The number of alkyl halides is 1. The maximum absolute atomic E-state index is 11.2. The van der Waals surface area contributed by atoms with Crippen LogP contribution >= 0.6 is 15.9 Å². The number of hydrogen-bond acceptors (Lipinski definition) is 4. The molecular weight excluding hydrogens is 300 g/mol. The van der Waals surface area contributed by atoms with Crippen molar-refractivity contribution in [2.45, 2.75) is 19.8 Å². The number of amides is 1. The Balaban J connectivity index is 3.79. The van der Waals surface area contributed by atoms with Crippen LogP contribution in [0.1, 0.15) is 19.8 Å². The van der Waals surface area contributed by atoms with Crippen molar-refractivity contribution in [2.24, 2.45) is 5.92 Å². The Hall–Kier alpha value is -0.340. The normalized spacial score (nSPS) is 13.2. The minimum atomic E-state index is -3.78. The molecule has 1 unspecified atom stereocenters. The maximum atomic E-state index is 11.2. The van der Waals surface area contributed by atoms with E-state index in [1.54, 1.807) is 4.72 Å². The number of ether oxygens (including phenoxy) is 1. The van der Waals surface area contributed by atoms with Crippen molar-refractivity contribution in [1.82, 2.24) is 9.44 Å². The molecule has 0 aromatic carbocycles. The number of nitrogens with one attached hydrogen (secondary N) is 2. The Morgan fingerprint density at radius 2 is 2.12 bits per heavy atom. The van der Waals surface area contributed by atoms with Gasteiger partial charge in [-0.25, -0.2) is 9.52 Å². The highest BCUT2D eigenvalue weighted by molar-refractivity contribution is 9.09. The highest BCUT2D eigenvalue weighted by atomic mass is 79.9. The van der Waals surface area contributed by atoms with Crippen LogP contribution in [0.3, 0.4) is 0 Å². The smallest absolute Gasteiger partial charge is 0.421 e. The van der Waals surface area contributed by atoms with E-state index in [4.69, 9.17) is 0 Å². The van der Waals surface area contributed by atoms with E-state index in [2.05, 4.69) is 32.3 Å². The third-order valence-corrected chi connectivity index (χ3v) is 3.96. The first-order valence-corrected chi connectivity index (χ1v) is 7.43. The summed E-state index contributed by atoms with van der Waals surface area (Å²) in [5, 5.41) is 0.889. The van der Waals surface area contributed by atoms with Crippen molar-refractivity contribution in [2.75, 3.05) is 19.0 Å². The van der Waals surface area contributed by atoms with Crippen LogP contribution in [0.2, 0.25) is 0 Å². The minimum absolute atomic E-state index is 0.295. The Morgan fingerprint density at radius 1 is 1.50 bits per heavy atom. The van der Waals surface area contributed by atoms with Crippen molar-refractivity contribution in [3.05, 3.63) is 0 Å². The number of methoxy groups -OCH3 is 1. The number of rotatable bonds is 7. The van der Waals surface area contributed by atoms with Gasteiger partial charge in [-0.05, 0) is 18.8 Å². The van der Waals surface area contributed by atoms with E-state index in [-0.39, 0.29) is 0 Å². The Kier molecular flexibility index (Phi) is 7.69. The Labute approximate surface area is 104 Å². The molecule has 0 saturated carbocycles. The van der Waals surface area contributed by atoms with Crippen molar-refractivity contribution in [1.29, 1.82) is 0 Å². The first kappa shape index (κ1) is 15.7. The molecule has 0 aliphatic heterocycles. The lowest BCUT2D eigenvalue weighted by molar-refractivity contribution is 0.177. The molecule has 2 N–H and O–H groups in total. The summed E-state index contributed by atoms with van der Waals surface area (Å²) in [4.78, 5) is 10.7. The van der Waals surface area contributed by atoms with Gasteiger partial charge in [-0.3, -0.25) is 0 Å². The van der Waals surface area contributed by atoms with Gasteiger partial charge in [0.15, 0.2) is 0 Å². The van der Waals surface area contributed by atoms with Crippen LogP contribution in [0.4, 0.5) is 4.79 Å². The minimum Gasteiger partial charge on any atom is -0.452 e. The van der Waals surface area contributed by atoms with Crippen LogP contribution in [-0.4, -0.2) is 33.5 Å². The summed E-state index contributed by atoms with van der Waals surface area (Å²) in [6.07, 6.45) is 0.627. The number of carbonyl (C=O) groups excluding carboxylic acids is 1. The van der Waals surface area contributed by atoms with Gasteiger partial charge in [-0.1, -0.05) is 22.9 Å². The van der Waals surface area contributed by atoms with Crippen LogP contribution in [0.5, 0.6) is 0 Å². The third kappa shape index (κ3) is 7.89. The molecule has 1 amide bonds. The van der Waals surface area contributed by atoms with Gasteiger partial charge >= 0.3 is 16.3 Å². The van der Waals surface area contributed by atoms with E-state index in [0.717, 1.165) is 25.3 Å². The number of hydrogen-bond donors (Lipinski definition) is 2. The van der Waals surface area contributed by atoms with E-state index in [1.807, 2.05) is 0 Å². The summed E-state index contributed by atoms with van der Waals surface area (Å²) in [6, 6.07) is 0. The molecule has 0 heterocycles. The quantitative estimate of drug-likeness (QED) is 0.542. The van der Waals surface area contributed by atoms with E-state index in [1.165, 1.54) is 0 Å². The average Bonchev–Trinajstić information content (AvgIpc) is 2.23. The fourth-order valence-electron chi connectivity index (χ4n) is 0.922. The molecule has 1 atom stereocenters. The largest absolute Gasteiger partial charge is 0.452 e. The predicted octanol–water partition coefficient (Wildman–Crippen LogP) is 0.988. The summed E-state index contributed by atoms with van der Waals surface area (Å²) in [5.74, 6) is 0.498. The first-order chi connectivity index (χ1) is 7.41. The second-order valence-corrected chi connectivity index (χ2v) is 5.54. The van der Waals surface area contributed by atoms with Crippen LogP contribution in [-0.2, 0) is 14.9 Å². The highest BCUT2D eigenvalue weighted by Gasteiger charge is 2.13. The summed E-state index contributed by atoms with van der Waals surface area (Å²) >= 11 is 3.34. The average molecular weight is 317 g/mol. The molecule has 0 radical (unpaired) electrons. The molecule has 0 aliphatic rings. The molecule has 16 heavy (non-hydrogen) atoms. The van der Waals surface area contributed by atoms with Gasteiger partial charge in [0.05, 0.1) is 7.11 Å². The van der Waals surface area contributed by atoms with Gasteiger partial charge in [0.25, 0.3) is 0 Å². The molecule has 0 spiro atoms. The number of halogens is 1. The molecule has 0 saturated heterocycles. The monoisotopic (exact) mass is 316 g/mol. The van der Waals surface area contributed by atoms with Crippen LogP contribution in [0.15, 0.2) is 0 Å². The lowest BCUT2D eigenvalue weighted by atomic mass is 10.1. The van der Waals surface area contributed by atoms with Gasteiger partial charge in [0.1, 0.15) is 0 Å². The molecule has 0 aromatic rings. The predicted molar refractivity (Wildman–Crippen MR) is 64.7 cm³/mol. The van der Waals surface area contributed by atoms with E-state index in [9.17, 15) is 13.2 Å². The molecule has 96 valence electrons. The van der Waals surface area contributed by atoms with Crippen LogP contribution < -0.4 is 9.44 Å². The second kappa shape index (κ2) is 7.86. The summed E-state index contributed by atoms with van der Waals surface area (Å²) in [7, 11) is -2.68. The molecule has 0 aliphatic carbocycles. The molecule has 8 heteroatoms. The Morgan fingerprint density at radius 3 is 2.62 bits per heavy atom. The zero-order chi connectivity index (χ0) is 12.6. The highest BCUT2D eigenvalue weighted by Crippen LogP contribution is 2.07. The molecular formula is C8H17BrN2O4S. The SMILES string of the molecule is COC(=O)NS(=O)(=O)NCCCC(C)CBr.